The van der Waals surface area contributed by atoms with E-state index in [2.05, 4.69) is 4.74 Å². The van der Waals surface area contributed by atoms with Gasteiger partial charge in [0, 0.05) is 0 Å². The maximum Gasteiger partial charge on any atom is 0.332 e. The number of halogens is 1. The van der Waals surface area contributed by atoms with E-state index in [1.54, 1.807) is 12.1 Å². The largest absolute Gasteiger partial charge is 0.468 e. The number of carbonyl (C=O) groups is 1. The van der Waals surface area contributed by atoms with Crippen molar-refractivity contribution in [1.82, 2.24) is 0 Å². The molecule has 0 N–H and O–H groups in total. The molecule has 84 valence electrons. The molecular weight excluding hydrogens is 226 g/mol. The molecule has 0 fully saturated rings. The molecule has 0 aliphatic rings. The van der Waals surface area contributed by atoms with Crippen molar-refractivity contribution >= 4 is 17.6 Å². The van der Waals surface area contributed by atoms with Gasteiger partial charge >= 0.3 is 5.97 Å². The van der Waals surface area contributed by atoms with Crippen LogP contribution in [0.25, 0.3) is 0 Å². The van der Waals surface area contributed by atoms with Crippen LogP contribution < -0.4 is 0 Å². The van der Waals surface area contributed by atoms with Gasteiger partial charge in [-0.1, -0.05) is 29.8 Å². The molecule has 0 aliphatic carbocycles. The number of nitriles is 1. The van der Waals surface area contributed by atoms with Gasteiger partial charge in [-0.3, -0.25) is 0 Å². The summed E-state index contributed by atoms with van der Waals surface area (Å²) < 4.78 is 4.64. The third kappa shape index (κ3) is 2.02. The van der Waals surface area contributed by atoms with Crippen LogP contribution in [0, 0.1) is 18.3 Å². The quantitative estimate of drug-likeness (QED) is 0.598. The zero-order valence-electron chi connectivity index (χ0n) is 9.16. The normalized spacial score (nSPS) is 13.6. The van der Waals surface area contributed by atoms with E-state index < -0.39 is 11.4 Å². The van der Waals surface area contributed by atoms with Gasteiger partial charge < -0.3 is 4.74 Å². The van der Waals surface area contributed by atoms with Crippen LogP contribution in [0.1, 0.15) is 11.1 Å². The first-order valence-corrected chi connectivity index (χ1v) is 5.27. The van der Waals surface area contributed by atoms with Gasteiger partial charge in [-0.15, -0.1) is 11.6 Å². The van der Waals surface area contributed by atoms with E-state index in [4.69, 9.17) is 16.9 Å². The SMILES string of the molecule is COC(=O)C(C#N)(CCl)c1ccc(C)cc1. The minimum atomic E-state index is -1.41. The molecule has 1 aromatic carbocycles. The number of benzene rings is 1. The van der Waals surface area contributed by atoms with Crippen molar-refractivity contribution < 1.29 is 9.53 Å². The maximum absolute atomic E-state index is 11.7. The first kappa shape index (κ1) is 12.5. The fourth-order valence-corrected chi connectivity index (χ4v) is 1.73. The highest BCUT2D eigenvalue weighted by atomic mass is 35.5. The highest BCUT2D eigenvalue weighted by Crippen LogP contribution is 2.27. The van der Waals surface area contributed by atoms with E-state index >= 15 is 0 Å². The molecule has 3 nitrogen and oxygen atoms in total. The predicted molar refractivity (Wildman–Crippen MR) is 61.2 cm³/mol. The summed E-state index contributed by atoms with van der Waals surface area (Å²) in [4.78, 5) is 11.7. The molecular formula is C12H12ClNO2. The standard InChI is InChI=1S/C12H12ClNO2/c1-9-3-5-10(6-4-9)12(7-13,8-14)11(15)16-2/h3-6H,7H2,1-2H3. The van der Waals surface area contributed by atoms with Crippen LogP contribution in [-0.2, 0) is 14.9 Å². The number of alkyl halides is 1. The van der Waals surface area contributed by atoms with Gasteiger partial charge in [0.2, 0.25) is 0 Å². The lowest BCUT2D eigenvalue weighted by Gasteiger charge is -2.21. The fraction of sp³-hybridized carbons (Fsp3) is 0.333. The predicted octanol–water partition coefficient (Wildman–Crippen LogP) is 2.17. The molecule has 1 aromatic rings. The van der Waals surface area contributed by atoms with Gasteiger partial charge in [0.25, 0.3) is 0 Å². The van der Waals surface area contributed by atoms with Gasteiger partial charge in [-0.2, -0.15) is 5.26 Å². The molecule has 0 saturated carbocycles. The molecule has 16 heavy (non-hydrogen) atoms. The molecule has 0 amide bonds. The van der Waals surface area contributed by atoms with Crippen molar-refractivity contribution in [2.45, 2.75) is 12.3 Å². The Kier molecular flexibility index (Phi) is 3.92. The average molecular weight is 238 g/mol. The highest BCUT2D eigenvalue weighted by Gasteiger charge is 2.41. The topological polar surface area (TPSA) is 50.1 Å². The Balaban J connectivity index is 3.27. The number of nitrogens with zero attached hydrogens (tertiary/aromatic N) is 1. The van der Waals surface area contributed by atoms with Crippen LogP contribution in [0.5, 0.6) is 0 Å². The number of carbonyl (C=O) groups excluding carboxylic acids is 1. The van der Waals surface area contributed by atoms with Crippen molar-refractivity contribution in [3.63, 3.8) is 0 Å². The number of ether oxygens (including phenoxy) is 1. The summed E-state index contributed by atoms with van der Waals surface area (Å²) in [7, 11) is 1.25. The summed E-state index contributed by atoms with van der Waals surface area (Å²) in [6, 6.07) is 9.05. The van der Waals surface area contributed by atoms with Crippen LogP contribution in [-0.4, -0.2) is 19.0 Å². The summed E-state index contributed by atoms with van der Waals surface area (Å²) in [6.07, 6.45) is 0. The number of hydrogen-bond donors (Lipinski definition) is 0. The summed E-state index contributed by atoms with van der Waals surface area (Å²) >= 11 is 5.75. The van der Waals surface area contributed by atoms with Crippen molar-refractivity contribution in [3.05, 3.63) is 35.4 Å². The van der Waals surface area contributed by atoms with Crippen molar-refractivity contribution in [2.75, 3.05) is 13.0 Å². The summed E-state index contributed by atoms with van der Waals surface area (Å²) in [5.41, 5.74) is 0.196. The number of rotatable bonds is 3. The minimum absolute atomic E-state index is 0.126. The van der Waals surface area contributed by atoms with Crippen LogP contribution in [0.15, 0.2) is 24.3 Å². The Morgan fingerprint density at radius 2 is 2.06 bits per heavy atom. The van der Waals surface area contributed by atoms with E-state index in [1.807, 2.05) is 25.1 Å². The fourth-order valence-electron chi connectivity index (χ4n) is 1.40. The molecule has 0 saturated heterocycles. The lowest BCUT2D eigenvalue weighted by Crippen LogP contribution is -2.37. The van der Waals surface area contributed by atoms with Crippen LogP contribution in [0.3, 0.4) is 0 Å². The Bertz CT molecular complexity index is 422. The van der Waals surface area contributed by atoms with E-state index in [9.17, 15) is 4.79 Å². The van der Waals surface area contributed by atoms with Gasteiger partial charge in [0.15, 0.2) is 5.41 Å². The van der Waals surface area contributed by atoms with Crippen LogP contribution in [0.2, 0.25) is 0 Å². The average Bonchev–Trinajstić information content (AvgIpc) is 2.33. The highest BCUT2D eigenvalue weighted by molar-refractivity contribution is 6.21. The second-order valence-corrected chi connectivity index (χ2v) is 3.78. The summed E-state index contributed by atoms with van der Waals surface area (Å²) in [6.45, 7) is 1.93. The molecule has 0 aromatic heterocycles. The number of esters is 1. The zero-order chi connectivity index (χ0) is 12.2. The molecule has 1 rings (SSSR count). The second-order valence-electron chi connectivity index (χ2n) is 3.51. The number of aryl methyl sites for hydroxylation is 1. The number of methoxy groups -OCH3 is 1. The molecule has 1 atom stereocenters. The lowest BCUT2D eigenvalue weighted by atomic mass is 9.83. The third-order valence-corrected chi connectivity index (χ3v) is 2.87. The van der Waals surface area contributed by atoms with Crippen LogP contribution >= 0.6 is 11.6 Å². The molecule has 0 radical (unpaired) electrons. The van der Waals surface area contributed by atoms with Crippen molar-refractivity contribution in [1.29, 1.82) is 5.26 Å². The van der Waals surface area contributed by atoms with E-state index in [0.29, 0.717) is 5.56 Å². The third-order valence-electron chi connectivity index (χ3n) is 2.47. The van der Waals surface area contributed by atoms with E-state index in [1.165, 1.54) is 7.11 Å². The second kappa shape index (κ2) is 5.00. The number of hydrogen-bond acceptors (Lipinski definition) is 3. The molecule has 0 heterocycles. The van der Waals surface area contributed by atoms with Gasteiger partial charge in [0.05, 0.1) is 19.1 Å². The molecule has 4 heteroatoms. The van der Waals surface area contributed by atoms with Gasteiger partial charge in [-0.05, 0) is 12.5 Å². The van der Waals surface area contributed by atoms with Crippen molar-refractivity contribution in [2.24, 2.45) is 0 Å². The molecule has 0 spiro atoms. The van der Waals surface area contributed by atoms with E-state index in [-0.39, 0.29) is 5.88 Å². The Morgan fingerprint density at radius 1 is 1.50 bits per heavy atom. The Hall–Kier alpha value is -1.53. The van der Waals surface area contributed by atoms with Crippen LogP contribution in [0.4, 0.5) is 0 Å². The summed E-state index contributed by atoms with van der Waals surface area (Å²) in [5, 5.41) is 9.17. The van der Waals surface area contributed by atoms with Gasteiger partial charge in [-0.25, -0.2) is 4.79 Å². The molecule has 0 aliphatic heterocycles. The maximum atomic E-state index is 11.7. The van der Waals surface area contributed by atoms with E-state index in [0.717, 1.165) is 5.56 Å². The molecule has 1 unspecified atom stereocenters. The van der Waals surface area contributed by atoms with Crippen molar-refractivity contribution in [3.8, 4) is 6.07 Å². The van der Waals surface area contributed by atoms with Gasteiger partial charge in [0.1, 0.15) is 0 Å². The first-order valence-electron chi connectivity index (χ1n) is 4.73. The summed E-state index contributed by atoms with van der Waals surface area (Å²) in [5.74, 6) is -0.756. The Morgan fingerprint density at radius 3 is 2.44 bits per heavy atom. The Labute approximate surface area is 99.6 Å². The zero-order valence-corrected chi connectivity index (χ0v) is 9.91. The smallest absolute Gasteiger partial charge is 0.332 e. The molecule has 0 bridgehead atoms. The monoisotopic (exact) mass is 237 g/mol. The first-order chi connectivity index (χ1) is 7.60. The minimum Gasteiger partial charge on any atom is -0.468 e. The lowest BCUT2D eigenvalue weighted by molar-refractivity contribution is -0.144.